The summed E-state index contributed by atoms with van der Waals surface area (Å²) in [6, 6.07) is 13.9. The lowest BCUT2D eigenvalue weighted by molar-refractivity contribution is -0.200. The van der Waals surface area contributed by atoms with Crippen molar-refractivity contribution in [1.29, 1.82) is 0 Å². The summed E-state index contributed by atoms with van der Waals surface area (Å²) in [5.74, 6) is -2.60. The third-order valence-corrected chi connectivity index (χ3v) is 4.75. The first-order valence-electron chi connectivity index (χ1n) is 9.72. The summed E-state index contributed by atoms with van der Waals surface area (Å²) < 4.78 is 112. The Labute approximate surface area is 188 Å². The highest BCUT2D eigenvalue weighted by Crippen LogP contribution is 2.33. The van der Waals surface area contributed by atoms with Crippen molar-refractivity contribution in [2.45, 2.75) is 25.0 Å². The fourth-order valence-corrected chi connectivity index (χ4v) is 3.05. The largest absolute Gasteiger partial charge is 0.457 e. The van der Waals surface area contributed by atoms with Crippen LogP contribution in [0.5, 0.6) is 11.5 Å². The predicted octanol–water partition coefficient (Wildman–Crippen LogP) is 6.71. The number of hydrogen-bond acceptors (Lipinski definition) is 3. The van der Waals surface area contributed by atoms with Gasteiger partial charge in [0.2, 0.25) is 0 Å². The van der Waals surface area contributed by atoms with Crippen LogP contribution in [0.25, 0.3) is 0 Å². The molecule has 11 heteroatoms. The van der Waals surface area contributed by atoms with Gasteiger partial charge in [0.25, 0.3) is 0 Å². The van der Waals surface area contributed by atoms with Crippen LogP contribution < -0.4 is 9.64 Å². The molecule has 0 aliphatic heterocycles. The first kappa shape index (κ1) is 25.3. The number of anilines is 1. The molecule has 3 aromatic rings. The van der Waals surface area contributed by atoms with E-state index in [4.69, 9.17) is 4.74 Å². The molecule has 1 atom stereocenters. The van der Waals surface area contributed by atoms with E-state index in [2.05, 4.69) is 0 Å². The highest BCUT2D eigenvalue weighted by Gasteiger charge is 2.40. The molecule has 3 nitrogen and oxygen atoms in total. The minimum absolute atomic E-state index is 0.0181. The zero-order chi connectivity index (χ0) is 25.1. The summed E-state index contributed by atoms with van der Waals surface area (Å²) in [4.78, 5) is 0.796. The molecule has 1 unspecified atom stereocenters. The van der Waals surface area contributed by atoms with Crippen molar-refractivity contribution in [2.24, 2.45) is 0 Å². The average molecular weight is 491 g/mol. The molecule has 0 bridgehead atoms. The van der Waals surface area contributed by atoms with Gasteiger partial charge in [-0.05, 0) is 36.4 Å². The molecule has 3 aromatic carbocycles. The Balaban J connectivity index is 1.96. The lowest BCUT2D eigenvalue weighted by Crippen LogP contribution is -2.41. The molecule has 182 valence electrons. The Morgan fingerprint density at radius 3 is 1.94 bits per heavy atom. The molecule has 0 amide bonds. The molecular weight excluding hydrogens is 474 g/mol. The van der Waals surface area contributed by atoms with E-state index in [1.165, 1.54) is 24.3 Å². The van der Waals surface area contributed by atoms with Crippen LogP contribution in [-0.4, -0.2) is 23.9 Å². The van der Waals surface area contributed by atoms with Gasteiger partial charge in [0.1, 0.15) is 23.1 Å². The number of benzene rings is 3. The van der Waals surface area contributed by atoms with Crippen LogP contribution in [0.3, 0.4) is 0 Å². The molecule has 3 rings (SSSR count). The number of aliphatic hydroxyl groups is 1. The maximum atomic E-state index is 14.4. The Kier molecular flexibility index (Phi) is 7.35. The lowest BCUT2D eigenvalue weighted by Gasteiger charge is -2.29. The molecule has 0 saturated carbocycles. The zero-order valence-corrected chi connectivity index (χ0v) is 17.2. The fraction of sp³-hybridized carbons (Fsp3) is 0.217. The van der Waals surface area contributed by atoms with E-state index >= 15 is 0 Å². The topological polar surface area (TPSA) is 32.7 Å². The molecular formula is C23H17F8NO2. The summed E-state index contributed by atoms with van der Waals surface area (Å²) in [5, 5.41) is 9.56. The van der Waals surface area contributed by atoms with Gasteiger partial charge in [0.05, 0.1) is 12.1 Å². The van der Waals surface area contributed by atoms with Crippen molar-refractivity contribution < 1.29 is 45.0 Å². The van der Waals surface area contributed by atoms with Crippen LogP contribution in [0.4, 0.5) is 40.8 Å². The number of ether oxygens (including phenoxy) is 1. The van der Waals surface area contributed by atoms with Crippen LogP contribution in [-0.2, 0) is 12.7 Å². The van der Waals surface area contributed by atoms with E-state index in [0.717, 1.165) is 4.90 Å². The number of hydrogen-bond donors (Lipinski definition) is 1. The van der Waals surface area contributed by atoms with Gasteiger partial charge in [0, 0.05) is 23.9 Å². The van der Waals surface area contributed by atoms with E-state index in [-0.39, 0.29) is 23.6 Å². The van der Waals surface area contributed by atoms with Crippen molar-refractivity contribution in [3.8, 4) is 11.5 Å². The summed E-state index contributed by atoms with van der Waals surface area (Å²) in [6.07, 6.45) is -13.0. The molecule has 0 radical (unpaired) electrons. The van der Waals surface area contributed by atoms with E-state index in [0.29, 0.717) is 5.75 Å². The number of para-hydroxylation sites is 1. The normalized spacial score (nSPS) is 13.0. The van der Waals surface area contributed by atoms with Gasteiger partial charge in [0.15, 0.2) is 6.10 Å². The van der Waals surface area contributed by atoms with Gasteiger partial charge in [-0.25, -0.2) is 8.78 Å². The maximum Gasteiger partial charge on any atom is 0.416 e. The summed E-state index contributed by atoms with van der Waals surface area (Å²) in [5.41, 5.74) is -2.49. The lowest BCUT2D eigenvalue weighted by atomic mass is 10.1. The van der Waals surface area contributed by atoms with Gasteiger partial charge in [-0.2, -0.15) is 26.3 Å². The summed E-state index contributed by atoms with van der Waals surface area (Å²) in [7, 11) is 0. The van der Waals surface area contributed by atoms with Gasteiger partial charge in [-0.3, -0.25) is 0 Å². The SMILES string of the molecule is OC(CN(Cc1c(F)cc(C(F)(F)F)cc1F)c1cccc(Oc2ccccc2)c1)C(F)(F)F. The first-order chi connectivity index (χ1) is 15.8. The standard InChI is InChI=1S/C23H17F8NO2/c24-19-9-14(22(26,27)28)10-20(25)18(19)12-32(13-21(33)23(29,30)31)15-5-4-8-17(11-15)34-16-6-2-1-3-7-16/h1-11,21,33H,12-13H2. The Bertz CT molecular complexity index is 1090. The molecule has 0 heterocycles. The van der Waals surface area contributed by atoms with Crippen molar-refractivity contribution in [3.63, 3.8) is 0 Å². The van der Waals surface area contributed by atoms with Gasteiger partial charge in [-0.1, -0.05) is 24.3 Å². The van der Waals surface area contributed by atoms with E-state index < -0.39 is 54.3 Å². The molecule has 0 fully saturated rings. The Morgan fingerprint density at radius 1 is 0.794 bits per heavy atom. The summed E-state index contributed by atoms with van der Waals surface area (Å²) in [6.45, 7) is -2.03. The Hall–Kier alpha value is -3.34. The molecule has 0 spiro atoms. The van der Waals surface area contributed by atoms with Crippen LogP contribution in [0.2, 0.25) is 0 Å². The van der Waals surface area contributed by atoms with Gasteiger partial charge >= 0.3 is 12.4 Å². The number of aliphatic hydroxyl groups excluding tert-OH is 1. The number of nitrogens with zero attached hydrogens (tertiary/aromatic N) is 1. The van der Waals surface area contributed by atoms with Crippen LogP contribution in [0.15, 0.2) is 66.7 Å². The first-order valence-corrected chi connectivity index (χ1v) is 9.72. The second-order valence-corrected chi connectivity index (χ2v) is 7.27. The highest BCUT2D eigenvalue weighted by molar-refractivity contribution is 5.52. The quantitative estimate of drug-likeness (QED) is 0.373. The third kappa shape index (κ3) is 6.37. The van der Waals surface area contributed by atoms with Crippen molar-refractivity contribution in [2.75, 3.05) is 11.4 Å². The van der Waals surface area contributed by atoms with Gasteiger partial charge < -0.3 is 14.7 Å². The van der Waals surface area contributed by atoms with Crippen LogP contribution >= 0.6 is 0 Å². The monoisotopic (exact) mass is 491 g/mol. The van der Waals surface area contributed by atoms with E-state index in [1.807, 2.05) is 0 Å². The maximum absolute atomic E-state index is 14.4. The second kappa shape index (κ2) is 9.88. The Morgan fingerprint density at radius 2 is 1.38 bits per heavy atom. The third-order valence-electron chi connectivity index (χ3n) is 4.75. The number of alkyl halides is 6. The smallest absolute Gasteiger partial charge is 0.416 e. The molecule has 0 aromatic heterocycles. The molecule has 0 aliphatic carbocycles. The van der Waals surface area contributed by atoms with Crippen molar-refractivity contribution in [3.05, 3.63) is 89.5 Å². The predicted molar refractivity (Wildman–Crippen MR) is 107 cm³/mol. The minimum atomic E-state index is -5.05. The number of halogens is 8. The van der Waals surface area contributed by atoms with E-state index in [1.54, 1.807) is 30.3 Å². The van der Waals surface area contributed by atoms with Crippen molar-refractivity contribution >= 4 is 5.69 Å². The highest BCUT2D eigenvalue weighted by atomic mass is 19.4. The average Bonchev–Trinajstić information content (AvgIpc) is 2.74. The molecule has 1 N–H and O–H groups in total. The number of rotatable bonds is 7. The molecule has 0 saturated heterocycles. The van der Waals surface area contributed by atoms with E-state index in [9.17, 15) is 40.2 Å². The molecule has 0 aliphatic rings. The second-order valence-electron chi connectivity index (χ2n) is 7.27. The van der Waals surface area contributed by atoms with Crippen LogP contribution in [0.1, 0.15) is 11.1 Å². The van der Waals surface area contributed by atoms with Gasteiger partial charge in [-0.15, -0.1) is 0 Å². The fourth-order valence-electron chi connectivity index (χ4n) is 3.05. The summed E-state index contributed by atoms with van der Waals surface area (Å²) >= 11 is 0. The minimum Gasteiger partial charge on any atom is -0.457 e. The zero-order valence-electron chi connectivity index (χ0n) is 17.2. The molecule has 34 heavy (non-hydrogen) atoms. The van der Waals surface area contributed by atoms with Crippen LogP contribution in [0, 0.1) is 11.6 Å². The van der Waals surface area contributed by atoms with Crippen molar-refractivity contribution in [1.82, 2.24) is 0 Å².